The summed E-state index contributed by atoms with van der Waals surface area (Å²) >= 11 is 0. The van der Waals surface area contributed by atoms with Gasteiger partial charge < -0.3 is 5.73 Å². The van der Waals surface area contributed by atoms with Gasteiger partial charge in [-0.3, -0.25) is 9.78 Å². The smallest absolute Gasteiger partial charge is 0.249 e. The summed E-state index contributed by atoms with van der Waals surface area (Å²) in [6.45, 7) is 0. The fourth-order valence-electron chi connectivity index (χ4n) is 3.14. The largest absolute Gasteiger partial charge is 0.366 e. The molecule has 0 aliphatic heterocycles. The normalized spacial score (nSPS) is 14.1. The number of aromatic nitrogens is 1. The number of hydrogen-bond acceptors (Lipinski definition) is 2. The van der Waals surface area contributed by atoms with E-state index in [1.807, 2.05) is 18.3 Å². The van der Waals surface area contributed by atoms with Gasteiger partial charge in [-0.1, -0.05) is 18.2 Å². The maximum atomic E-state index is 13.7. The Balaban J connectivity index is 2.02. The van der Waals surface area contributed by atoms with Gasteiger partial charge in [0.25, 0.3) is 0 Å². The van der Waals surface area contributed by atoms with Crippen molar-refractivity contribution < 1.29 is 9.18 Å². The van der Waals surface area contributed by atoms with E-state index in [1.165, 1.54) is 36.6 Å². The van der Waals surface area contributed by atoms with Gasteiger partial charge in [-0.2, -0.15) is 0 Å². The van der Waals surface area contributed by atoms with E-state index in [4.69, 9.17) is 5.73 Å². The molecule has 1 amide bonds. The Morgan fingerprint density at radius 2 is 1.91 bits per heavy atom. The molecule has 0 unspecified atom stereocenters. The summed E-state index contributed by atoms with van der Waals surface area (Å²) in [4.78, 5) is 16.0. The van der Waals surface area contributed by atoms with E-state index in [2.05, 4.69) is 11.1 Å². The second kappa shape index (κ2) is 5.16. The number of amides is 1. The van der Waals surface area contributed by atoms with Gasteiger partial charge in [-0.05, 0) is 53.5 Å². The quantitative estimate of drug-likeness (QED) is 0.794. The molecule has 1 aliphatic rings. The van der Waals surface area contributed by atoms with Crippen molar-refractivity contribution in [2.75, 3.05) is 0 Å². The van der Waals surface area contributed by atoms with Crippen LogP contribution in [0.25, 0.3) is 21.9 Å². The molecule has 1 fully saturated rings. The first-order valence-corrected chi connectivity index (χ1v) is 7.61. The van der Waals surface area contributed by atoms with Crippen LogP contribution in [-0.2, 0) is 0 Å². The van der Waals surface area contributed by atoms with Crippen LogP contribution in [-0.4, -0.2) is 10.9 Å². The maximum Gasteiger partial charge on any atom is 0.249 e. The Labute approximate surface area is 133 Å². The molecule has 2 N–H and O–H groups in total. The molecule has 23 heavy (non-hydrogen) atoms. The van der Waals surface area contributed by atoms with Crippen LogP contribution in [0.3, 0.4) is 0 Å². The number of nitrogens with zero attached hydrogens (tertiary/aromatic N) is 1. The molecule has 3 nitrogen and oxygen atoms in total. The fourth-order valence-corrected chi connectivity index (χ4v) is 3.14. The highest BCUT2D eigenvalue weighted by molar-refractivity contribution is 6.05. The Hall–Kier alpha value is -2.75. The molecule has 1 aromatic heterocycles. The summed E-state index contributed by atoms with van der Waals surface area (Å²) < 4.78 is 13.7. The summed E-state index contributed by atoms with van der Waals surface area (Å²) in [5.74, 6) is -0.394. The van der Waals surface area contributed by atoms with Gasteiger partial charge in [0.1, 0.15) is 5.82 Å². The Morgan fingerprint density at radius 1 is 1.09 bits per heavy atom. The number of hydrogen-bond donors (Lipinski definition) is 1. The van der Waals surface area contributed by atoms with Gasteiger partial charge in [0.2, 0.25) is 5.91 Å². The van der Waals surface area contributed by atoms with Gasteiger partial charge >= 0.3 is 0 Å². The second-order valence-electron chi connectivity index (χ2n) is 5.96. The van der Waals surface area contributed by atoms with E-state index < -0.39 is 11.7 Å². The van der Waals surface area contributed by atoms with Crippen LogP contribution < -0.4 is 5.73 Å². The molecule has 1 saturated carbocycles. The van der Waals surface area contributed by atoms with Crippen molar-refractivity contribution in [3.05, 3.63) is 65.7 Å². The zero-order valence-electron chi connectivity index (χ0n) is 12.4. The summed E-state index contributed by atoms with van der Waals surface area (Å²) in [7, 11) is 0. The number of fused-ring (bicyclic) bond motifs is 1. The van der Waals surface area contributed by atoms with Gasteiger partial charge in [-0.25, -0.2) is 4.39 Å². The number of pyridine rings is 1. The van der Waals surface area contributed by atoms with Crippen LogP contribution >= 0.6 is 0 Å². The molecular formula is C19H15FN2O. The van der Waals surface area contributed by atoms with Crippen LogP contribution in [0.5, 0.6) is 0 Å². The van der Waals surface area contributed by atoms with Crippen molar-refractivity contribution in [1.82, 2.24) is 4.98 Å². The van der Waals surface area contributed by atoms with Crippen LogP contribution in [0.15, 0.2) is 48.8 Å². The zero-order chi connectivity index (χ0) is 16.0. The number of carbonyl (C=O) groups is 1. The van der Waals surface area contributed by atoms with E-state index >= 15 is 0 Å². The standard InChI is InChI=1S/C19H15FN2O/c20-12-6-7-15(19(21)23)16(8-12)18-10-22-9-17-13(11-4-5-11)2-1-3-14(17)18/h1-3,6-11H,4-5H2,(H2,21,23). The van der Waals surface area contributed by atoms with Crippen molar-refractivity contribution >= 4 is 16.7 Å². The third-order valence-corrected chi connectivity index (χ3v) is 4.39. The van der Waals surface area contributed by atoms with Gasteiger partial charge in [0, 0.05) is 28.9 Å². The number of halogens is 1. The maximum absolute atomic E-state index is 13.7. The number of carbonyl (C=O) groups excluding carboxylic acids is 1. The molecule has 0 bridgehead atoms. The monoisotopic (exact) mass is 306 g/mol. The SMILES string of the molecule is NC(=O)c1ccc(F)cc1-c1cncc2c(C3CC3)cccc12. The number of nitrogens with two attached hydrogens (primary N) is 1. The summed E-state index contributed by atoms with van der Waals surface area (Å²) in [5.41, 5.74) is 8.25. The molecule has 114 valence electrons. The summed E-state index contributed by atoms with van der Waals surface area (Å²) in [5, 5.41) is 2.03. The second-order valence-corrected chi connectivity index (χ2v) is 5.96. The minimum Gasteiger partial charge on any atom is -0.366 e. The molecule has 0 atom stereocenters. The van der Waals surface area contributed by atoms with Crippen LogP contribution in [0.4, 0.5) is 4.39 Å². The minimum atomic E-state index is -0.574. The molecule has 2 aromatic carbocycles. The number of rotatable bonds is 3. The van der Waals surface area contributed by atoms with Gasteiger partial charge in [0.05, 0.1) is 0 Å². The fraction of sp³-hybridized carbons (Fsp3) is 0.158. The molecule has 4 rings (SSSR count). The van der Waals surface area contributed by atoms with Crippen LogP contribution in [0.2, 0.25) is 0 Å². The van der Waals surface area contributed by atoms with Crippen LogP contribution in [0.1, 0.15) is 34.7 Å². The predicted octanol–water partition coefficient (Wildman–Crippen LogP) is 4.02. The first kappa shape index (κ1) is 13.9. The molecule has 1 heterocycles. The number of benzene rings is 2. The Bertz CT molecular complexity index is 932. The van der Waals surface area contributed by atoms with Crippen LogP contribution in [0, 0.1) is 5.82 Å². The van der Waals surface area contributed by atoms with E-state index in [0.29, 0.717) is 17.0 Å². The lowest BCUT2D eigenvalue weighted by atomic mass is 9.93. The average Bonchev–Trinajstić information content (AvgIpc) is 3.38. The van der Waals surface area contributed by atoms with E-state index in [9.17, 15) is 9.18 Å². The zero-order valence-corrected chi connectivity index (χ0v) is 12.4. The van der Waals surface area contributed by atoms with E-state index in [0.717, 1.165) is 16.3 Å². The van der Waals surface area contributed by atoms with E-state index in [1.54, 1.807) is 6.20 Å². The highest BCUT2D eigenvalue weighted by atomic mass is 19.1. The third-order valence-electron chi connectivity index (χ3n) is 4.39. The lowest BCUT2D eigenvalue weighted by Crippen LogP contribution is -2.12. The van der Waals surface area contributed by atoms with Gasteiger partial charge in [-0.15, -0.1) is 0 Å². The average molecular weight is 306 g/mol. The Morgan fingerprint density at radius 3 is 2.65 bits per heavy atom. The van der Waals surface area contributed by atoms with Gasteiger partial charge in [0.15, 0.2) is 0 Å². The summed E-state index contributed by atoms with van der Waals surface area (Å²) in [6, 6.07) is 10.1. The number of primary amides is 1. The van der Waals surface area contributed by atoms with Crippen molar-refractivity contribution in [2.24, 2.45) is 5.73 Å². The highest BCUT2D eigenvalue weighted by Crippen LogP contribution is 2.44. The third kappa shape index (κ3) is 2.36. The Kier molecular flexibility index (Phi) is 3.11. The van der Waals surface area contributed by atoms with Crippen molar-refractivity contribution in [3.63, 3.8) is 0 Å². The lowest BCUT2D eigenvalue weighted by Gasteiger charge is -2.12. The minimum absolute atomic E-state index is 0.303. The topological polar surface area (TPSA) is 56.0 Å². The van der Waals surface area contributed by atoms with Crippen molar-refractivity contribution in [1.29, 1.82) is 0 Å². The molecular weight excluding hydrogens is 291 g/mol. The van der Waals surface area contributed by atoms with E-state index in [-0.39, 0.29) is 0 Å². The molecule has 0 radical (unpaired) electrons. The van der Waals surface area contributed by atoms with Crippen molar-refractivity contribution in [3.8, 4) is 11.1 Å². The first-order valence-electron chi connectivity index (χ1n) is 7.61. The van der Waals surface area contributed by atoms with Crippen molar-refractivity contribution in [2.45, 2.75) is 18.8 Å². The predicted molar refractivity (Wildman–Crippen MR) is 87.6 cm³/mol. The molecule has 4 heteroatoms. The first-order chi connectivity index (χ1) is 11.1. The molecule has 1 aliphatic carbocycles. The molecule has 0 saturated heterocycles. The molecule has 0 spiro atoms. The summed E-state index contributed by atoms with van der Waals surface area (Å²) in [6.07, 6.45) is 5.89. The lowest BCUT2D eigenvalue weighted by molar-refractivity contribution is 0.100. The highest BCUT2D eigenvalue weighted by Gasteiger charge is 2.26. The molecule has 3 aromatic rings.